The van der Waals surface area contributed by atoms with Gasteiger partial charge in [-0.25, -0.2) is 4.79 Å². The molecule has 0 bridgehead atoms. The Labute approximate surface area is 151 Å². The first-order chi connectivity index (χ1) is 12.0. The third-order valence-electron chi connectivity index (χ3n) is 4.63. The summed E-state index contributed by atoms with van der Waals surface area (Å²) in [5.41, 5.74) is 3.80. The van der Waals surface area contributed by atoms with Crippen molar-refractivity contribution in [3.8, 4) is 0 Å². The fourth-order valence-corrected chi connectivity index (χ4v) is 3.71. The Hall–Kier alpha value is -1.46. The highest BCUT2D eigenvalue weighted by Crippen LogP contribution is 2.47. The van der Waals surface area contributed by atoms with E-state index in [2.05, 4.69) is 5.32 Å². The molecule has 3 aliphatic rings. The molecule has 3 aliphatic heterocycles. The zero-order valence-electron chi connectivity index (χ0n) is 15.6. The van der Waals surface area contributed by atoms with E-state index >= 15 is 0 Å². The lowest BCUT2D eigenvalue weighted by atomic mass is 9.98. The number of hydrogen-bond acceptors (Lipinski definition) is 8. The minimum atomic E-state index is -1.53. The number of esters is 1. The average Bonchev–Trinajstić information content (AvgIpc) is 3.10. The van der Waals surface area contributed by atoms with Crippen LogP contribution in [0.5, 0.6) is 0 Å². The number of ether oxygens (including phenoxy) is 6. The minimum Gasteiger partial charge on any atom is -0.469 e. The molecule has 10 heteroatoms. The number of amides is 2. The van der Waals surface area contributed by atoms with Crippen LogP contribution in [0.3, 0.4) is 0 Å². The van der Waals surface area contributed by atoms with Crippen molar-refractivity contribution in [2.45, 2.75) is 75.8 Å². The van der Waals surface area contributed by atoms with Crippen molar-refractivity contribution >= 4 is 12.0 Å². The zero-order chi connectivity index (χ0) is 19.3. The van der Waals surface area contributed by atoms with E-state index in [1.165, 1.54) is 7.11 Å². The van der Waals surface area contributed by atoms with E-state index in [0.29, 0.717) is 0 Å². The van der Waals surface area contributed by atoms with Gasteiger partial charge < -0.3 is 39.5 Å². The van der Waals surface area contributed by atoms with Crippen LogP contribution in [-0.2, 0) is 33.2 Å². The maximum Gasteiger partial charge on any atom is 0.314 e. The molecule has 10 nitrogen and oxygen atoms in total. The normalized spacial score (nSPS) is 40.2. The molecule has 3 N–H and O–H groups in total. The number of nitrogens with two attached hydrogens (primary N) is 1. The Morgan fingerprint density at radius 1 is 1.08 bits per heavy atom. The summed E-state index contributed by atoms with van der Waals surface area (Å²) in [7, 11) is 1.25. The molecule has 26 heavy (non-hydrogen) atoms. The Morgan fingerprint density at radius 3 is 2.31 bits per heavy atom. The molecule has 0 saturated carbocycles. The predicted octanol–water partition coefficient (Wildman–Crippen LogP) is -0.0155. The second-order valence-corrected chi connectivity index (χ2v) is 7.60. The first-order valence-electron chi connectivity index (χ1n) is 8.47. The van der Waals surface area contributed by atoms with Gasteiger partial charge in [-0.05, 0) is 27.7 Å². The smallest absolute Gasteiger partial charge is 0.314 e. The molecule has 3 fully saturated rings. The van der Waals surface area contributed by atoms with E-state index in [1.54, 1.807) is 27.7 Å². The number of methoxy groups -OCH3 is 1. The average molecular weight is 374 g/mol. The van der Waals surface area contributed by atoms with E-state index in [9.17, 15) is 9.59 Å². The fraction of sp³-hybridized carbons (Fsp3) is 0.875. The van der Waals surface area contributed by atoms with Gasteiger partial charge in [-0.3, -0.25) is 4.79 Å². The summed E-state index contributed by atoms with van der Waals surface area (Å²) >= 11 is 0. The number of urea groups is 1. The van der Waals surface area contributed by atoms with Crippen LogP contribution in [0.25, 0.3) is 0 Å². The number of carbonyl (C=O) groups is 2. The third-order valence-corrected chi connectivity index (χ3v) is 4.63. The number of carbonyl (C=O) groups excluding carboxylic acids is 2. The van der Waals surface area contributed by atoms with Crippen molar-refractivity contribution in [2.75, 3.05) is 13.7 Å². The van der Waals surface area contributed by atoms with Gasteiger partial charge in [0.05, 0.1) is 20.1 Å². The molecular weight excluding hydrogens is 348 g/mol. The van der Waals surface area contributed by atoms with Gasteiger partial charge in [-0.1, -0.05) is 0 Å². The largest absolute Gasteiger partial charge is 0.469 e. The van der Waals surface area contributed by atoms with Crippen molar-refractivity contribution in [3.05, 3.63) is 0 Å². The highest BCUT2D eigenvalue weighted by atomic mass is 16.8. The lowest BCUT2D eigenvalue weighted by molar-refractivity contribution is -0.232. The van der Waals surface area contributed by atoms with Crippen LogP contribution in [0.4, 0.5) is 4.79 Å². The lowest BCUT2D eigenvalue weighted by Gasteiger charge is -2.34. The van der Waals surface area contributed by atoms with E-state index in [1.807, 2.05) is 0 Å². The van der Waals surface area contributed by atoms with E-state index < -0.39 is 53.7 Å². The number of nitrogens with one attached hydrogen (secondary N) is 1. The molecule has 0 aromatic heterocycles. The van der Waals surface area contributed by atoms with Gasteiger partial charge in [0.2, 0.25) is 0 Å². The molecule has 0 spiro atoms. The van der Waals surface area contributed by atoms with Crippen LogP contribution in [0, 0.1) is 0 Å². The zero-order valence-corrected chi connectivity index (χ0v) is 15.6. The standard InChI is InChI=1S/C16H26N2O8/c1-14(2)22-7-8(23-14)10-11-12(26-15(3,4)24-11)16(25-10,18-13(17)20)6-9(19)21-5/h8,10-12H,6-7H2,1-5H3,(H3,17,18,20)/t8-,10-,11+,12+,16+/m1/s1. The fourth-order valence-electron chi connectivity index (χ4n) is 3.71. The van der Waals surface area contributed by atoms with Gasteiger partial charge in [0, 0.05) is 0 Å². The van der Waals surface area contributed by atoms with Crippen LogP contribution in [-0.4, -0.2) is 67.4 Å². The topological polar surface area (TPSA) is 128 Å². The van der Waals surface area contributed by atoms with Gasteiger partial charge in [-0.15, -0.1) is 0 Å². The molecule has 0 aliphatic carbocycles. The van der Waals surface area contributed by atoms with Crippen molar-refractivity contribution < 1.29 is 38.0 Å². The number of rotatable bonds is 4. The number of fused-ring (bicyclic) bond motifs is 1. The summed E-state index contributed by atoms with van der Waals surface area (Å²) < 4.78 is 34.3. The maximum absolute atomic E-state index is 12.0. The summed E-state index contributed by atoms with van der Waals surface area (Å²) in [6, 6.07) is -0.856. The summed E-state index contributed by atoms with van der Waals surface area (Å²) in [6.07, 6.45) is -2.77. The van der Waals surface area contributed by atoms with Crippen LogP contribution in [0.1, 0.15) is 34.1 Å². The molecule has 148 valence electrons. The molecule has 5 atom stereocenters. The monoisotopic (exact) mass is 374 g/mol. The molecule has 2 amide bonds. The molecule has 3 rings (SSSR count). The molecule has 3 heterocycles. The van der Waals surface area contributed by atoms with Gasteiger partial charge in [0.1, 0.15) is 24.4 Å². The van der Waals surface area contributed by atoms with Crippen molar-refractivity contribution in [1.82, 2.24) is 5.32 Å². The first kappa shape index (κ1) is 19.3. The van der Waals surface area contributed by atoms with Gasteiger partial charge >= 0.3 is 12.0 Å². The molecule has 0 aromatic rings. The third kappa shape index (κ3) is 3.52. The Morgan fingerprint density at radius 2 is 1.77 bits per heavy atom. The van der Waals surface area contributed by atoms with Crippen molar-refractivity contribution in [3.63, 3.8) is 0 Å². The quantitative estimate of drug-likeness (QED) is 0.658. The van der Waals surface area contributed by atoms with Crippen molar-refractivity contribution in [1.29, 1.82) is 0 Å². The van der Waals surface area contributed by atoms with Crippen molar-refractivity contribution in [2.24, 2.45) is 5.73 Å². The summed E-state index contributed by atoms with van der Waals surface area (Å²) in [4.78, 5) is 23.6. The maximum atomic E-state index is 12.0. The SMILES string of the molecule is COC(=O)C[C@]1(NC(N)=O)O[C@H]([C@H]2COC(C)(C)O2)[C@@H]2OC(C)(C)O[C@@H]21. The minimum absolute atomic E-state index is 0.273. The Bertz CT molecular complexity index is 595. The number of primary amides is 1. The Balaban J connectivity index is 1.93. The van der Waals surface area contributed by atoms with E-state index in [0.717, 1.165) is 0 Å². The molecule has 3 saturated heterocycles. The number of hydrogen-bond donors (Lipinski definition) is 2. The highest BCUT2D eigenvalue weighted by molar-refractivity contribution is 5.76. The predicted molar refractivity (Wildman–Crippen MR) is 85.7 cm³/mol. The molecular formula is C16H26N2O8. The highest BCUT2D eigenvalue weighted by Gasteiger charge is 2.66. The Kier molecular flexibility index (Phi) is 4.68. The first-order valence-corrected chi connectivity index (χ1v) is 8.47. The summed E-state index contributed by atoms with van der Waals surface area (Å²) in [5.74, 6) is -2.30. The van der Waals surface area contributed by atoms with Crippen LogP contribution >= 0.6 is 0 Å². The van der Waals surface area contributed by atoms with Gasteiger partial charge in [0.15, 0.2) is 17.3 Å². The van der Waals surface area contributed by atoms with Gasteiger partial charge in [-0.2, -0.15) is 0 Å². The van der Waals surface area contributed by atoms with E-state index in [-0.39, 0.29) is 13.0 Å². The van der Waals surface area contributed by atoms with Crippen LogP contribution < -0.4 is 11.1 Å². The lowest BCUT2D eigenvalue weighted by Crippen LogP contribution is -2.59. The molecule has 0 aromatic carbocycles. The summed E-state index contributed by atoms with van der Waals surface area (Å²) in [6.45, 7) is 7.34. The second kappa shape index (κ2) is 6.31. The van der Waals surface area contributed by atoms with Crippen LogP contribution in [0.2, 0.25) is 0 Å². The van der Waals surface area contributed by atoms with Crippen LogP contribution in [0.15, 0.2) is 0 Å². The van der Waals surface area contributed by atoms with Gasteiger partial charge in [0.25, 0.3) is 0 Å². The molecule has 0 radical (unpaired) electrons. The second-order valence-electron chi connectivity index (χ2n) is 7.60. The van der Waals surface area contributed by atoms with E-state index in [4.69, 9.17) is 34.2 Å². The molecule has 0 unspecified atom stereocenters. The summed E-state index contributed by atoms with van der Waals surface area (Å²) in [5, 5.41) is 2.52.